The van der Waals surface area contributed by atoms with E-state index in [-0.39, 0.29) is 0 Å². The summed E-state index contributed by atoms with van der Waals surface area (Å²) in [7, 11) is 0.479. The van der Waals surface area contributed by atoms with Gasteiger partial charge < -0.3 is 4.23 Å². The summed E-state index contributed by atoms with van der Waals surface area (Å²) in [4.78, 5) is 0. The van der Waals surface area contributed by atoms with Crippen LogP contribution in [0.25, 0.3) is 0 Å². The van der Waals surface area contributed by atoms with Crippen LogP contribution in [0.2, 0.25) is 26.2 Å². The molecular weight excluding hydrogens is 154 g/mol. The summed E-state index contributed by atoms with van der Waals surface area (Å²) in [5, 5.41) is 0. The highest BCUT2D eigenvalue weighted by molar-refractivity contribution is 6.84. The van der Waals surface area contributed by atoms with Crippen molar-refractivity contribution in [1.82, 2.24) is 4.23 Å². The Kier molecular flexibility index (Phi) is 3.55. The van der Waals surface area contributed by atoms with Crippen LogP contribution in [0.4, 0.5) is 0 Å². The lowest BCUT2D eigenvalue weighted by Gasteiger charge is -2.33. The topological polar surface area (TPSA) is 3.24 Å². The molecule has 10 heavy (non-hydrogen) atoms. The Bertz CT molecular complexity index is 117. The third kappa shape index (κ3) is 2.81. The van der Waals surface area contributed by atoms with Gasteiger partial charge in [-0.3, -0.25) is 0 Å². The number of hydrogen-bond acceptors (Lipinski definition) is 1. The average molecular weight is 173 g/mol. The van der Waals surface area contributed by atoms with Crippen molar-refractivity contribution in [3.8, 4) is 0 Å². The molecule has 0 heterocycles. The largest absolute Gasteiger partial charge is 0.348 e. The zero-order valence-electron chi connectivity index (χ0n) is 7.81. The maximum absolute atomic E-state index is 3.84. The van der Waals surface area contributed by atoms with Crippen molar-refractivity contribution in [3.05, 3.63) is 12.3 Å². The predicted octanol–water partition coefficient (Wildman–Crippen LogP) is 1.83. The number of nitrogens with zero attached hydrogens (tertiary/aromatic N) is 1. The fraction of sp³-hybridized carbons (Fsp3) is 0.714. The first-order chi connectivity index (χ1) is 4.39. The zero-order valence-corrected chi connectivity index (χ0v) is 9.96. The molecule has 0 bridgehead atoms. The normalized spacial score (nSPS) is 15.4. The second-order valence-electron chi connectivity index (χ2n) is 3.76. The first-order valence-electron chi connectivity index (χ1n) is 3.75. The first kappa shape index (κ1) is 10.1. The van der Waals surface area contributed by atoms with Crippen LogP contribution in [-0.4, -0.2) is 28.5 Å². The van der Waals surface area contributed by atoms with Gasteiger partial charge in [0.1, 0.15) is 17.2 Å². The van der Waals surface area contributed by atoms with Gasteiger partial charge in [0.2, 0.25) is 0 Å². The average Bonchev–Trinajstić information content (AvgIpc) is 1.83. The van der Waals surface area contributed by atoms with Crippen molar-refractivity contribution >= 4 is 17.2 Å². The fourth-order valence-electron chi connectivity index (χ4n) is 0.769. The van der Waals surface area contributed by atoms with E-state index in [0.717, 1.165) is 0 Å². The monoisotopic (exact) mass is 173 g/mol. The Balaban J connectivity index is 4.07. The van der Waals surface area contributed by atoms with Crippen LogP contribution < -0.4 is 0 Å². The van der Waals surface area contributed by atoms with Crippen molar-refractivity contribution in [2.24, 2.45) is 0 Å². The second-order valence-corrected chi connectivity index (χ2v) is 12.0. The molecular formula is C7H19NSi2. The molecule has 1 atom stereocenters. The van der Waals surface area contributed by atoms with Crippen molar-refractivity contribution < 1.29 is 0 Å². The molecule has 0 aromatic heterocycles. The van der Waals surface area contributed by atoms with E-state index in [4.69, 9.17) is 0 Å². The lowest BCUT2D eigenvalue weighted by Crippen LogP contribution is -2.49. The van der Waals surface area contributed by atoms with E-state index in [9.17, 15) is 0 Å². The number of rotatable bonds is 3. The summed E-state index contributed by atoms with van der Waals surface area (Å²) >= 11 is 0. The van der Waals surface area contributed by atoms with E-state index in [1.165, 1.54) is 0 Å². The van der Waals surface area contributed by atoms with E-state index in [1.54, 1.807) is 0 Å². The van der Waals surface area contributed by atoms with Gasteiger partial charge in [0.25, 0.3) is 0 Å². The number of hydrogen-bond donors (Lipinski definition) is 0. The lowest BCUT2D eigenvalue weighted by atomic mass is 11.3. The first-order valence-corrected chi connectivity index (χ1v) is 9.53. The third-order valence-corrected chi connectivity index (χ3v) is 9.58. The minimum Gasteiger partial charge on any atom is -0.348 e. The summed E-state index contributed by atoms with van der Waals surface area (Å²) in [6, 6.07) is 0. The van der Waals surface area contributed by atoms with Crippen LogP contribution >= 0.6 is 0 Å². The van der Waals surface area contributed by atoms with Crippen LogP contribution in [0.3, 0.4) is 0 Å². The summed E-state index contributed by atoms with van der Waals surface area (Å²) in [6.45, 7) is 13.3. The highest BCUT2D eigenvalue weighted by Crippen LogP contribution is 2.08. The summed E-state index contributed by atoms with van der Waals surface area (Å²) in [6.07, 6.45) is 0. The van der Waals surface area contributed by atoms with Gasteiger partial charge in [-0.15, -0.1) is 6.58 Å². The molecule has 0 radical (unpaired) electrons. The Morgan fingerprint density at radius 2 is 1.80 bits per heavy atom. The van der Waals surface area contributed by atoms with Crippen molar-refractivity contribution in [3.63, 3.8) is 0 Å². The van der Waals surface area contributed by atoms with E-state index in [2.05, 4.69) is 49.7 Å². The van der Waals surface area contributed by atoms with Gasteiger partial charge in [-0.05, 0) is 7.05 Å². The molecule has 60 valence electrons. The predicted molar refractivity (Wildman–Crippen MR) is 54.3 cm³/mol. The van der Waals surface area contributed by atoms with Crippen molar-refractivity contribution in [2.75, 3.05) is 7.05 Å². The van der Waals surface area contributed by atoms with Gasteiger partial charge in [0, 0.05) is 0 Å². The molecule has 0 aliphatic rings. The Hall–Kier alpha value is 0.134. The molecule has 0 fully saturated rings. The minimum absolute atomic E-state index is 0.742. The highest BCUT2D eigenvalue weighted by Gasteiger charge is 2.22. The minimum atomic E-state index is -1.02. The Labute approximate surface area is 67.5 Å². The smallest absolute Gasteiger partial charge is 0.125 e. The maximum Gasteiger partial charge on any atom is 0.125 e. The van der Waals surface area contributed by atoms with Gasteiger partial charge in [-0.2, -0.15) is 0 Å². The van der Waals surface area contributed by atoms with Crippen LogP contribution in [0.5, 0.6) is 0 Å². The van der Waals surface area contributed by atoms with Crippen LogP contribution in [-0.2, 0) is 0 Å². The SMILES string of the molecule is C=C[SiH](C)N(C)[Si](C)(C)C. The summed E-state index contributed by atoms with van der Waals surface area (Å²) in [5.41, 5.74) is 2.14. The summed E-state index contributed by atoms with van der Waals surface area (Å²) in [5.74, 6) is 0. The van der Waals surface area contributed by atoms with Gasteiger partial charge in [-0.25, -0.2) is 0 Å². The van der Waals surface area contributed by atoms with Gasteiger partial charge in [0.05, 0.1) is 0 Å². The lowest BCUT2D eigenvalue weighted by molar-refractivity contribution is 0.789. The zero-order chi connectivity index (χ0) is 8.36. The highest BCUT2D eigenvalue weighted by atomic mass is 28.4. The van der Waals surface area contributed by atoms with Gasteiger partial charge >= 0.3 is 0 Å². The van der Waals surface area contributed by atoms with Crippen LogP contribution in [0.1, 0.15) is 0 Å². The molecule has 0 saturated heterocycles. The van der Waals surface area contributed by atoms with E-state index >= 15 is 0 Å². The standard InChI is InChI=1S/C7H19NSi2/c1-7-9(3)8(2)10(4,5)6/h7,9H,1H2,2-6H3. The quantitative estimate of drug-likeness (QED) is 0.589. The molecule has 0 aliphatic heterocycles. The second kappa shape index (κ2) is 3.50. The molecule has 0 amide bonds. The van der Waals surface area contributed by atoms with E-state index in [1.807, 2.05) is 0 Å². The van der Waals surface area contributed by atoms with Gasteiger partial charge in [0.15, 0.2) is 0 Å². The molecule has 3 heteroatoms. The molecule has 0 N–H and O–H groups in total. The van der Waals surface area contributed by atoms with E-state index < -0.39 is 17.2 Å². The molecule has 0 aromatic carbocycles. The van der Waals surface area contributed by atoms with Crippen LogP contribution in [0.15, 0.2) is 12.3 Å². The molecule has 0 rings (SSSR count). The molecule has 1 unspecified atom stereocenters. The van der Waals surface area contributed by atoms with Crippen molar-refractivity contribution in [1.29, 1.82) is 0 Å². The Morgan fingerprint density at radius 3 is 1.90 bits per heavy atom. The molecule has 1 nitrogen and oxygen atoms in total. The fourth-order valence-corrected chi connectivity index (χ4v) is 6.29. The third-order valence-electron chi connectivity index (χ3n) is 2.01. The molecule has 0 spiro atoms. The maximum atomic E-state index is 3.84. The van der Waals surface area contributed by atoms with E-state index in [0.29, 0.717) is 0 Å². The van der Waals surface area contributed by atoms with Crippen molar-refractivity contribution in [2.45, 2.75) is 26.2 Å². The van der Waals surface area contributed by atoms with Gasteiger partial charge in [-0.1, -0.05) is 31.9 Å². The van der Waals surface area contributed by atoms with Crippen LogP contribution in [0, 0.1) is 0 Å². The Morgan fingerprint density at radius 1 is 1.40 bits per heavy atom. The summed E-state index contributed by atoms with van der Waals surface area (Å²) < 4.78 is 2.57. The molecule has 0 aromatic rings. The molecule has 0 saturated carbocycles. The molecule has 0 aliphatic carbocycles.